The first-order chi connectivity index (χ1) is 10.1. The molecule has 0 aliphatic rings. The summed E-state index contributed by atoms with van der Waals surface area (Å²) in [5.74, 6) is -0.842. The Hall–Kier alpha value is -2.80. The molecular formula is C17H16N2O2. The highest BCUT2D eigenvalue weighted by atomic mass is 16.4. The molecule has 0 atom stereocenters. The standard InChI is InChI=1S/C17H16N2O2/c1-12-6-7-13(10-18)8-16(12)19-11-15-5-3-2-4-14(15)9-17(20)21/h2-8,19H,9,11H2,1H3,(H,20,21). The molecule has 0 radical (unpaired) electrons. The summed E-state index contributed by atoms with van der Waals surface area (Å²) >= 11 is 0. The number of rotatable bonds is 5. The number of benzene rings is 2. The third-order valence-corrected chi connectivity index (χ3v) is 3.30. The van der Waals surface area contributed by atoms with Gasteiger partial charge in [0.1, 0.15) is 0 Å². The number of hydrogen-bond donors (Lipinski definition) is 2. The van der Waals surface area contributed by atoms with Crippen molar-refractivity contribution in [2.24, 2.45) is 0 Å². The summed E-state index contributed by atoms with van der Waals surface area (Å²) in [7, 11) is 0. The van der Waals surface area contributed by atoms with Crippen LogP contribution in [0.5, 0.6) is 0 Å². The van der Waals surface area contributed by atoms with Crippen LogP contribution in [0.15, 0.2) is 42.5 Å². The molecule has 4 nitrogen and oxygen atoms in total. The van der Waals surface area contributed by atoms with Crippen LogP contribution in [0.25, 0.3) is 0 Å². The number of hydrogen-bond acceptors (Lipinski definition) is 3. The topological polar surface area (TPSA) is 73.1 Å². The Morgan fingerprint density at radius 3 is 2.62 bits per heavy atom. The molecule has 0 bridgehead atoms. The van der Waals surface area contributed by atoms with Gasteiger partial charge in [0.25, 0.3) is 0 Å². The van der Waals surface area contributed by atoms with E-state index in [0.29, 0.717) is 12.1 Å². The number of carboxylic acids is 1. The molecule has 4 heteroatoms. The quantitative estimate of drug-likeness (QED) is 0.882. The molecule has 0 spiro atoms. The van der Waals surface area contributed by atoms with Gasteiger partial charge in [-0.1, -0.05) is 30.3 Å². The number of nitrogens with zero attached hydrogens (tertiary/aromatic N) is 1. The van der Waals surface area contributed by atoms with Crippen molar-refractivity contribution in [1.29, 1.82) is 5.26 Å². The number of aryl methyl sites for hydroxylation is 1. The second-order valence-corrected chi connectivity index (χ2v) is 4.83. The number of anilines is 1. The molecule has 106 valence electrons. The number of nitrogens with one attached hydrogen (secondary N) is 1. The fourth-order valence-electron chi connectivity index (χ4n) is 2.14. The van der Waals surface area contributed by atoms with E-state index in [-0.39, 0.29) is 6.42 Å². The van der Waals surface area contributed by atoms with E-state index < -0.39 is 5.97 Å². The maximum atomic E-state index is 10.9. The highest BCUT2D eigenvalue weighted by Crippen LogP contribution is 2.18. The van der Waals surface area contributed by atoms with E-state index in [1.807, 2.05) is 37.3 Å². The highest BCUT2D eigenvalue weighted by molar-refractivity contribution is 5.70. The summed E-state index contributed by atoms with van der Waals surface area (Å²) < 4.78 is 0. The van der Waals surface area contributed by atoms with Crippen molar-refractivity contribution >= 4 is 11.7 Å². The lowest BCUT2D eigenvalue weighted by molar-refractivity contribution is -0.136. The molecule has 0 amide bonds. The first kappa shape index (κ1) is 14.6. The summed E-state index contributed by atoms with van der Waals surface area (Å²) in [4.78, 5) is 10.9. The largest absolute Gasteiger partial charge is 0.481 e. The van der Waals surface area contributed by atoms with Gasteiger partial charge in [-0.2, -0.15) is 5.26 Å². The number of nitriles is 1. The van der Waals surface area contributed by atoms with Gasteiger partial charge in [-0.25, -0.2) is 0 Å². The molecule has 0 saturated heterocycles. The summed E-state index contributed by atoms with van der Waals surface area (Å²) in [6, 6.07) is 15.0. The lowest BCUT2D eigenvalue weighted by Gasteiger charge is -2.12. The molecule has 2 N–H and O–H groups in total. The van der Waals surface area contributed by atoms with Crippen molar-refractivity contribution < 1.29 is 9.90 Å². The van der Waals surface area contributed by atoms with E-state index in [0.717, 1.165) is 22.4 Å². The van der Waals surface area contributed by atoms with Gasteiger partial charge in [0.2, 0.25) is 0 Å². The van der Waals surface area contributed by atoms with Gasteiger partial charge in [-0.15, -0.1) is 0 Å². The maximum Gasteiger partial charge on any atom is 0.307 e. The Morgan fingerprint density at radius 1 is 1.24 bits per heavy atom. The minimum Gasteiger partial charge on any atom is -0.481 e. The molecule has 0 saturated carbocycles. The van der Waals surface area contributed by atoms with Gasteiger partial charge in [-0.3, -0.25) is 4.79 Å². The Morgan fingerprint density at radius 2 is 1.95 bits per heavy atom. The molecule has 0 heterocycles. The highest BCUT2D eigenvalue weighted by Gasteiger charge is 2.07. The van der Waals surface area contributed by atoms with E-state index in [4.69, 9.17) is 10.4 Å². The minimum atomic E-state index is -0.842. The van der Waals surface area contributed by atoms with E-state index in [1.165, 1.54) is 0 Å². The van der Waals surface area contributed by atoms with Crippen molar-refractivity contribution in [2.75, 3.05) is 5.32 Å². The van der Waals surface area contributed by atoms with Crippen molar-refractivity contribution in [3.05, 3.63) is 64.7 Å². The summed E-state index contributed by atoms with van der Waals surface area (Å²) in [5, 5.41) is 21.1. The van der Waals surface area contributed by atoms with Crippen LogP contribution in [-0.2, 0) is 17.8 Å². The van der Waals surface area contributed by atoms with E-state index in [9.17, 15) is 4.79 Å². The van der Waals surface area contributed by atoms with Crippen LogP contribution in [-0.4, -0.2) is 11.1 Å². The van der Waals surface area contributed by atoms with Crippen LogP contribution >= 0.6 is 0 Å². The lowest BCUT2D eigenvalue weighted by atomic mass is 10.0. The summed E-state index contributed by atoms with van der Waals surface area (Å²) in [6.07, 6.45) is 0.00900. The molecule has 2 aromatic rings. The first-order valence-corrected chi connectivity index (χ1v) is 6.63. The van der Waals surface area contributed by atoms with Gasteiger partial charge < -0.3 is 10.4 Å². The molecule has 21 heavy (non-hydrogen) atoms. The van der Waals surface area contributed by atoms with Gasteiger partial charge in [0, 0.05) is 12.2 Å². The zero-order valence-electron chi connectivity index (χ0n) is 11.8. The smallest absolute Gasteiger partial charge is 0.307 e. The van der Waals surface area contributed by atoms with Crippen LogP contribution in [0.2, 0.25) is 0 Å². The van der Waals surface area contributed by atoms with Crippen LogP contribution in [0.4, 0.5) is 5.69 Å². The van der Waals surface area contributed by atoms with Gasteiger partial charge >= 0.3 is 5.97 Å². The van der Waals surface area contributed by atoms with E-state index >= 15 is 0 Å². The number of aliphatic carboxylic acids is 1. The first-order valence-electron chi connectivity index (χ1n) is 6.63. The maximum absolute atomic E-state index is 10.9. The van der Waals surface area contributed by atoms with Gasteiger partial charge in [0.05, 0.1) is 18.1 Å². The fraction of sp³-hybridized carbons (Fsp3) is 0.176. The zero-order valence-corrected chi connectivity index (χ0v) is 11.8. The van der Waals surface area contributed by atoms with Crippen LogP contribution < -0.4 is 5.32 Å². The second-order valence-electron chi connectivity index (χ2n) is 4.83. The van der Waals surface area contributed by atoms with Crippen molar-refractivity contribution in [3.8, 4) is 6.07 Å². The monoisotopic (exact) mass is 280 g/mol. The molecular weight excluding hydrogens is 264 g/mol. The van der Waals surface area contributed by atoms with Crippen LogP contribution in [0, 0.1) is 18.3 Å². The molecule has 0 aromatic heterocycles. The molecule has 2 rings (SSSR count). The van der Waals surface area contributed by atoms with Gasteiger partial charge in [0.15, 0.2) is 0 Å². The summed E-state index contributed by atoms with van der Waals surface area (Å²) in [5.41, 5.74) is 4.28. The average molecular weight is 280 g/mol. The van der Waals surface area contributed by atoms with Crippen LogP contribution in [0.1, 0.15) is 22.3 Å². The van der Waals surface area contributed by atoms with Gasteiger partial charge in [-0.05, 0) is 35.7 Å². The fourth-order valence-corrected chi connectivity index (χ4v) is 2.14. The third kappa shape index (κ3) is 3.83. The normalized spacial score (nSPS) is 9.90. The minimum absolute atomic E-state index is 0.00900. The Balaban J connectivity index is 2.17. The molecule has 0 fully saturated rings. The van der Waals surface area contributed by atoms with Crippen molar-refractivity contribution in [3.63, 3.8) is 0 Å². The van der Waals surface area contributed by atoms with E-state index in [2.05, 4.69) is 11.4 Å². The number of carboxylic acid groups (broad SMARTS) is 1. The third-order valence-electron chi connectivity index (χ3n) is 3.30. The van der Waals surface area contributed by atoms with Crippen LogP contribution in [0.3, 0.4) is 0 Å². The average Bonchev–Trinajstić information content (AvgIpc) is 2.47. The molecule has 0 aliphatic heterocycles. The molecule has 2 aromatic carbocycles. The van der Waals surface area contributed by atoms with Crippen molar-refractivity contribution in [2.45, 2.75) is 19.9 Å². The predicted molar refractivity (Wildman–Crippen MR) is 81.0 cm³/mol. The summed E-state index contributed by atoms with van der Waals surface area (Å²) in [6.45, 7) is 2.49. The molecule has 0 unspecified atom stereocenters. The lowest BCUT2D eigenvalue weighted by Crippen LogP contribution is -2.07. The zero-order chi connectivity index (χ0) is 15.2. The van der Waals surface area contributed by atoms with E-state index in [1.54, 1.807) is 12.1 Å². The number of carbonyl (C=O) groups is 1. The second kappa shape index (κ2) is 6.58. The Labute approximate surface area is 123 Å². The Kier molecular flexibility index (Phi) is 4.57. The SMILES string of the molecule is Cc1ccc(C#N)cc1NCc1ccccc1CC(=O)O. The van der Waals surface area contributed by atoms with Crippen molar-refractivity contribution in [1.82, 2.24) is 0 Å². The molecule has 0 aliphatic carbocycles. The Bertz CT molecular complexity index is 702. The predicted octanol–water partition coefficient (Wildman–Crippen LogP) is 3.11.